The van der Waals surface area contributed by atoms with Crippen LogP contribution in [0.25, 0.3) is 0 Å². The molecule has 0 N–H and O–H groups in total. The molecule has 0 fully saturated rings. The van der Waals surface area contributed by atoms with Crippen LogP contribution in [-0.4, -0.2) is 11.0 Å². The molecule has 11 heavy (non-hydrogen) atoms. The topological polar surface area (TPSA) is 31.2 Å². The van der Waals surface area contributed by atoms with Crippen molar-refractivity contribution in [1.29, 1.82) is 0 Å². The smallest absolute Gasteiger partial charge is 0.295 e. The Labute approximate surface area is 73.1 Å². The van der Waals surface area contributed by atoms with E-state index < -0.39 is 0 Å². The molecule has 0 aliphatic carbocycles. The second-order valence-electron chi connectivity index (χ2n) is 2.07. The van der Waals surface area contributed by atoms with Crippen LogP contribution >= 0.6 is 15.9 Å². The fourth-order valence-electron chi connectivity index (χ4n) is 0.813. The van der Waals surface area contributed by atoms with Crippen LogP contribution in [0.1, 0.15) is 13.2 Å². The molecule has 0 aliphatic rings. The van der Waals surface area contributed by atoms with E-state index in [1.165, 1.54) is 0 Å². The lowest BCUT2D eigenvalue weighted by Crippen LogP contribution is -2.06. The summed E-state index contributed by atoms with van der Waals surface area (Å²) in [7, 11) is 0. The molecule has 0 radical (unpaired) electrons. The Balaban J connectivity index is 2.74. The fraction of sp³-hybridized carbons (Fsp3) is 0.286. The summed E-state index contributed by atoms with van der Waals surface area (Å²) in [5.74, 6) is 0. The number of carbonyl (C=O) groups is 1. The molecule has 1 aromatic rings. The number of ether oxygens (including phenoxy) is 1. The van der Waals surface area contributed by atoms with Crippen molar-refractivity contribution < 1.29 is 9.53 Å². The molecule has 3 nitrogen and oxygen atoms in total. The Bertz CT molecular complexity index is 246. The summed E-state index contributed by atoms with van der Waals surface area (Å²) >= 11 is 3.30. The van der Waals surface area contributed by atoms with Crippen LogP contribution < -0.4 is 0 Å². The number of carbonyl (C=O) groups excluding carboxylic acids is 1. The standard InChI is InChI=1S/C7H8BrNO2/c1-6(11-5-10)9-4-2-3-7(9)8/h2-6H,1H3. The van der Waals surface area contributed by atoms with Crippen LogP contribution in [-0.2, 0) is 9.53 Å². The van der Waals surface area contributed by atoms with Crippen LogP contribution in [0.15, 0.2) is 22.9 Å². The monoisotopic (exact) mass is 217 g/mol. The summed E-state index contributed by atoms with van der Waals surface area (Å²) < 4.78 is 7.41. The number of hydrogen-bond acceptors (Lipinski definition) is 2. The van der Waals surface area contributed by atoms with E-state index in [0.29, 0.717) is 6.47 Å². The minimum Gasteiger partial charge on any atom is -0.444 e. The van der Waals surface area contributed by atoms with Crippen LogP contribution in [0.3, 0.4) is 0 Å². The van der Waals surface area contributed by atoms with Crippen molar-refractivity contribution in [3.63, 3.8) is 0 Å². The minimum atomic E-state index is -0.253. The average molecular weight is 218 g/mol. The molecule has 1 aromatic heterocycles. The third-order valence-corrected chi connectivity index (χ3v) is 2.05. The van der Waals surface area contributed by atoms with Gasteiger partial charge in [0.2, 0.25) is 0 Å². The SMILES string of the molecule is CC(OC=O)n1cccc1Br. The van der Waals surface area contributed by atoms with Crippen molar-refractivity contribution in [2.75, 3.05) is 0 Å². The van der Waals surface area contributed by atoms with Gasteiger partial charge in [-0.05, 0) is 35.0 Å². The highest BCUT2D eigenvalue weighted by atomic mass is 79.9. The molecular formula is C7H8BrNO2. The van der Waals surface area contributed by atoms with Gasteiger partial charge in [-0.3, -0.25) is 4.79 Å². The van der Waals surface area contributed by atoms with Crippen molar-refractivity contribution in [2.24, 2.45) is 0 Å². The van der Waals surface area contributed by atoms with Crippen molar-refractivity contribution >= 4 is 22.4 Å². The highest BCUT2D eigenvalue weighted by Gasteiger charge is 2.05. The Morgan fingerprint density at radius 2 is 2.55 bits per heavy atom. The molecule has 0 aliphatic heterocycles. The third kappa shape index (κ3) is 1.83. The Morgan fingerprint density at radius 1 is 1.82 bits per heavy atom. The maximum atomic E-state index is 9.97. The maximum absolute atomic E-state index is 9.97. The van der Waals surface area contributed by atoms with Gasteiger partial charge in [0.1, 0.15) is 0 Å². The highest BCUT2D eigenvalue weighted by Crippen LogP contribution is 2.16. The highest BCUT2D eigenvalue weighted by molar-refractivity contribution is 9.10. The third-order valence-electron chi connectivity index (χ3n) is 1.37. The van der Waals surface area contributed by atoms with Crippen molar-refractivity contribution in [3.8, 4) is 0 Å². The molecule has 0 saturated carbocycles. The lowest BCUT2D eigenvalue weighted by atomic mass is 10.6. The van der Waals surface area contributed by atoms with Gasteiger partial charge in [-0.1, -0.05) is 0 Å². The largest absolute Gasteiger partial charge is 0.444 e. The zero-order chi connectivity index (χ0) is 8.27. The van der Waals surface area contributed by atoms with E-state index in [0.717, 1.165) is 4.60 Å². The summed E-state index contributed by atoms with van der Waals surface area (Å²) in [5.41, 5.74) is 0. The fourth-order valence-corrected chi connectivity index (χ4v) is 1.37. The van der Waals surface area contributed by atoms with Crippen LogP contribution in [0.5, 0.6) is 0 Å². The van der Waals surface area contributed by atoms with Gasteiger partial charge in [0.15, 0.2) is 6.23 Å². The molecule has 0 bridgehead atoms. The first-order chi connectivity index (χ1) is 5.25. The number of hydrogen-bond donors (Lipinski definition) is 0. The summed E-state index contributed by atoms with van der Waals surface area (Å²) in [5, 5.41) is 0. The lowest BCUT2D eigenvalue weighted by Gasteiger charge is -2.12. The van der Waals surface area contributed by atoms with E-state index in [9.17, 15) is 4.79 Å². The van der Waals surface area contributed by atoms with Gasteiger partial charge in [-0.15, -0.1) is 0 Å². The van der Waals surface area contributed by atoms with E-state index in [1.807, 2.05) is 18.3 Å². The molecule has 1 heterocycles. The van der Waals surface area contributed by atoms with Gasteiger partial charge in [-0.25, -0.2) is 0 Å². The first-order valence-corrected chi connectivity index (χ1v) is 3.96. The van der Waals surface area contributed by atoms with Crippen LogP contribution in [0.2, 0.25) is 0 Å². The molecular weight excluding hydrogens is 210 g/mol. The summed E-state index contributed by atoms with van der Waals surface area (Å²) in [6, 6.07) is 3.75. The molecule has 1 rings (SSSR count). The van der Waals surface area contributed by atoms with Gasteiger partial charge in [0.25, 0.3) is 6.47 Å². The van der Waals surface area contributed by atoms with E-state index in [1.54, 1.807) is 11.5 Å². The molecule has 1 atom stereocenters. The van der Waals surface area contributed by atoms with Crippen LogP contribution in [0.4, 0.5) is 0 Å². The zero-order valence-corrected chi connectivity index (χ0v) is 7.61. The predicted octanol–water partition coefficient (Wildman–Crippen LogP) is 1.94. The molecule has 0 amide bonds. The van der Waals surface area contributed by atoms with Crippen molar-refractivity contribution in [1.82, 2.24) is 4.57 Å². The molecule has 1 unspecified atom stereocenters. The number of nitrogens with zero attached hydrogens (tertiary/aromatic N) is 1. The Hall–Kier alpha value is -0.770. The van der Waals surface area contributed by atoms with E-state index in [2.05, 4.69) is 15.9 Å². The number of rotatable bonds is 3. The predicted molar refractivity (Wildman–Crippen MR) is 44.0 cm³/mol. The van der Waals surface area contributed by atoms with Crippen molar-refractivity contribution in [3.05, 3.63) is 22.9 Å². The van der Waals surface area contributed by atoms with Crippen LogP contribution in [0, 0.1) is 0 Å². The molecule has 0 spiro atoms. The summed E-state index contributed by atoms with van der Waals surface area (Å²) in [6.07, 6.45) is 1.58. The average Bonchev–Trinajstić information content (AvgIpc) is 2.36. The van der Waals surface area contributed by atoms with Gasteiger partial charge < -0.3 is 9.30 Å². The normalized spacial score (nSPS) is 12.5. The quantitative estimate of drug-likeness (QED) is 0.726. The minimum absolute atomic E-state index is 0.253. The maximum Gasteiger partial charge on any atom is 0.295 e. The van der Waals surface area contributed by atoms with Gasteiger partial charge in [-0.2, -0.15) is 0 Å². The second kappa shape index (κ2) is 3.57. The van der Waals surface area contributed by atoms with Gasteiger partial charge in [0, 0.05) is 6.20 Å². The number of aromatic nitrogens is 1. The molecule has 4 heteroatoms. The van der Waals surface area contributed by atoms with Gasteiger partial charge in [0.05, 0.1) is 4.60 Å². The van der Waals surface area contributed by atoms with E-state index >= 15 is 0 Å². The Kier molecular flexibility index (Phi) is 2.70. The summed E-state index contributed by atoms with van der Waals surface area (Å²) in [6.45, 7) is 2.23. The number of halogens is 1. The van der Waals surface area contributed by atoms with E-state index in [-0.39, 0.29) is 6.23 Å². The summed E-state index contributed by atoms with van der Waals surface area (Å²) in [4.78, 5) is 9.97. The lowest BCUT2D eigenvalue weighted by molar-refractivity contribution is -0.136. The first kappa shape index (κ1) is 8.33. The molecule has 0 aromatic carbocycles. The Morgan fingerprint density at radius 3 is 3.00 bits per heavy atom. The van der Waals surface area contributed by atoms with E-state index in [4.69, 9.17) is 4.74 Å². The first-order valence-electron chi connectivity index (χ1n) is 3.17. The molecule has 60 valence electrons. The zero-order valence-electron chi connectivity index (χ0n) is 6.03. The van der Waals surface area contributed by atoms with Crippen molar-refractivity contribution in [2.45, 2.75) is 13.2 Å². The second-order valence-corrected chi connectivity index (χ2v) is 2.88. The van der Waals surface area contributed by atoms with Gasteiger partial charge >= 0.3 is 0 Å². The molecule has 0 saturated heterocycles.